The fourth-order valence-electron chi connectivity index (χ4n) is 1.74. The van der Waals surface area contributed by atoms with Crippen molar-refractivity contribution in [1.29, 1.82) is 0 Å². The molecule has 8 nitrogen and oxygen atoms in total. The highest BCUT2D eigenvalue weighted by molar-refractivity contribution is 7.92. The predicted molar refractivity (Wildman–Crippen MR) is 86.1 cm³/mol. The fourth-order valence-corrected chi connectivity index (χ4v) is 2.29. The molecule has 0 radical (unpaired) electrons. The Kier molecular flexibility index (Phi) is 5.12. The van der Waals surface area contributed by atoms with Gasteiger partial charge in [0.1, 0.15) is 0 Å². The van der Waals surface area contributed by atoms with E-state index >= 15 is 0 Å². The van der Waals surface area contributed by atoms with Crippen molar-refractivity contribution in [3.63, 3.8) is 0 Å². The summed E-state index contributed by atoms with van der Waals surface area (Å²) in [7, 11) is -3.38. The van der Waals surface area contributed by atoms with Gasteiger partial charge in [0, 0.05) is 11.8 Å². The maximum Gasteiger partial charge on any atom is 0.276 e. The van der Waals surface area contributed by atoms with Crippen LogP contribution in [-0.2, 0) is 10.0 Å². The average molecular weight is 336 g/mol. The first-order valence-electron chi connectivity index (χ1n) is 6.73. The molecular formula is C14H16N4O4S. The molecule has 1 aromatic carbocycles. The summed E-state index contributed by atoms with van der Waals surface area (Å²) in [5.41, 5.74) is 0.900. The zero-order chi connectivity index (χ0) is 16.9. The van der Waals surface area contributed by atoms with Crippen molar-refractivity contribution in [3.8, 4) is 5.88 Å². The number of rotatable bonds is 6. The maximum atomic E-state index is 12.1. The average Bonchev–Trinajstić information content (AvgIpc) is 2.47. The first kappa shape index (κ1) is 16.7. The largest absolute Gasteiger partial charge is 0.477 e. The molecule has 2 aromatic rings. The third-order valence-electron chi connectivity index (χ3n) is 2.59. The fraction of sp³-hybridized carbons (Fsp3) is 0.214. The van der Waals surface area contributed by atoms with Gasteiger partial charge in [0.05, 0.1) is 18.6 Å². The highest BCUT2D eigenvalue weighted by Gasteiger charge is 2.10. The minimum absolute atomic E-state index is 0.120. The Morgan fingerprint density at radius 3 is 2.52 bits per heavy atom. The van der Waals surface area contributed by atoms with Crippen LogP contribution in [-0.4, -0.2) is 37.4 Å². The van der Waals surface area contributed by atoms with Crippen molar-refractivity contribution in [1.82, 2.24) is 10.2 Å². The van der Waals surface area contributed by atoms with Gasteiger partial charge in [-0.15, -0.1) is 10.2 Å². The van der Waals surface area contributed by atoms with E-state index in [0.29, 0.717) is 23.9 Å². The highest BCUT2D eigenvalue weighted by Crippen LogP contribution is 2.17. The molecule has 0 aliphatic rings. The number of nitrogens with zero attached hydrogens (tertiary/aromatic N) is 2. The van der Waals surface area contributed by atoms with E-state index < -0.39 is 15.9 Å². The monoisotopic (exact) mass is 336 g/mol. The Morgan fingerprint density at radius 1 is 1.17 bits per heavy atom. The third kappa shape index (κ3) is 5.22. The molecule has 0 saturated heterocycles. The lowest BCUT2D eigenvalue weighted by molar-refractivity contribution is 0.102. The summed E-state index contributed by atoms with van der Waals surface area (Å²) < 4.78 is 29.9. The molecule has 1 amide bonds. The second-order valence-corrected chi connectivity index (χ2v) is 6.35. The van der Waals surface area contributed by atoms with Gasteiger partial charge < -0.3 is 10.1 Å². The second-order valence-electron chi connectivity index (χ2n) is 4.60. The van der Waals surface area contributed by atoms with Crippen molar-refractivity contribution >= 4 is 27.3 Å². The summed E-state index contributed by atoms with van der Waals surface area (Å²) in [4.78, 5) is 12.1. The maximum absolute atomic E-state index is 12.1. The molecule has 23 heavy (non-hydrogen) atoms. The van der Waals surface area contributed by atoms with Crippen molar-refractivity contribution in [2.24, 2.45) is 0 Å². The molecule has 0 aliphatic carbocycles. The van der Waals surface area contributed by atoms with E-state index in [-0.39, 0.29) is 5.69 Å². The van der Waals surface area contributed by atoms with Crippen LogP contribution in [0.5, 0.6) is 5.88 Å². The Labute approximate surface area is 133 Å². The van der Waals surface area contributed by atoms with Crippen LogP contribution in [0, 0.1) is 0 Å². The van der Waals surface area contributed by atoms with Gasteiger partial charge in [-0.05, 0) is 31.2 Å². The molecule has 0 fully saturated rings. The molecule has 1 heterocycles. The van der Waals surface area contributed by atoms with Gasteiger partial charge in [-0.2, -0.15) is 0 Å². The van der Waals surface area contributed by atoms with Crippen LogP contribution in [0.25, 0.3) is 0 Å². The lowest BCUT2D eigenvalue weighted by atomic mass is 10.2. The predicted octanol–water partition coefficient (Wildman–Crippen LogP) is 1.50. The van der Waals surface area contributed by atoms with Crippen LogP contribution >= 0.6 is 0 Å². The quantitative estimate of drug-likeness (QED) is 0.827. The van der Waals surface area contributed by atoms with Crippen molar-refractivity contribution in [3.05, 3.63) is 42.1 Å². The molecule has 0 aliphatic heterocycles. The summed E-state index contributed by atoms with van der Waals surface area (Å²) in [5, 5.41) is 10.2. The standard InChI is InChI=1S/C14H16N4O4S/c1-3-22-13-8-7-12(16-17-13)14(19)15-10-5-4-6-11(9-10)18-23(2,20)21/h4-9,18H,3H2,1-2H3,(H,15,19). The SMILES string of the molecule is CCOc1ccc(C(=O)Nc2cccc(NS(C)(=O)=O)c2)nn1. The van der Waals surface area contributed by atoms with Crippen molar-refractivity contribution in [2.75, 3.05) is 22.9 Å². The van der Waals surface area contributed by atoms with E-state index in [1.165, 1.54) is 12.1 Å². The lowest BCUT2D eigenvalue weighted by Gasteiger charge is -2.08. The number of anilines is 2. The van der Waals surface area contributed by atoms with Gasteiger partial charge in [-0.1, -0.05) is 6.07 Å². The topological polar surface area (TPSA) is 110 Å². The highest BCUT2D eigenvalue weighted by atomic mass is 32.2. The van der Waals surface area contributed by atoms with Gasteiger partial charge in [0.25, 0.3) is 5.91 Å². The number of benzene rings is 1. The summed E-state index contributed by atoms with van der Waals surface area (Å²) in [5.74, 6) is -0.125. The van der Waals surface area contributed by atoms with Crippen LogP contribution in [0.4, 0.5) is 11.4 Å². The third-order valence-corrected chi connectivity index (χ3v) is 3.20. The van der Waals surface area contributed by atoms with E-state index in [9.17, 15) is 13.2 Å². The van der Waals surface area contributed by atoms with E-state index in [1.807, 2.05) is 6.92 Å². The Morgan fingerprint density at radius 2 is 1.91 bits per heavy atom. The van der Waals surface area contributed by atoms with Crippen LogP contribution in [0.15, 0.2) is 36.4 Å². The minimum Gasteiger partial charge on any atom is -0.477 e. The number of carbonyl (C=O) groups excluding carboxylic acids is 1. The molecular weight excluding hydrogens is 320 g/mol. The molecule has 2 N–H and O–H groups in total. The van der Waals surface area contributed by atoms with Crippen LogP contribution in [0.1, 0.15) is 17.4 Å². The molecule has 0 unspecified atom stereocenters. The number of nitrogens with one attached hydrogen (secondary N) is 2. The smallest absolute Gasteiger partial charge is 0.276 e. The first-order chi connectivity index (χ1) is 10.9. The Hall–Kier alpha value is -2.68. The number of sulfonamides is 1. The molecule has 2 rings (SSSR count). The number of hydrogen-bond donors (Lipinski definition) is 2. The van der Waals surface area contributed by atoms with E-state index in [1.54, 1.807) is 24.3 Å². The number of ether oxygens (including phenoxy) is 1. The molecule has 0 atom stereocenters. The van der Waals surface area contributed by atoms with Crippen molar-refractivity contribution < 1.29 is 17.9 Å². The minimum atomic E-state index is -3.38. The zero-order valence-corrected chi connectivity index (χ0v) is 13.4. The van der Waals surface area contributed by atoms with Gasteiger partial charge in [0.2, 0.25) is 15.9 Å². The molecule has 0 bridgehead atoms. The Balaban J connectivity index is 2.09. The molecule has 122 valence electrons. The van der Waals surface area contributed by atoms with Crippen molar-refractivity contribution in [2.45, 2.75) is 6.92 Å². The number of aromatic nitrogens is 2. The molecule has 9 heteroatoms. The normalized spacial score (nSPS) is 10.9. The molecule has 1 aromatic heterocycles. The van der Waals surface area contributed by atoms with E-state index in [4.69, 9.17) is 4.74 Å². The summed E-state index contributed by atoms with van der Waals surface area (Å²) in [6.45, 7) is 2.28. The molecule has 0 spiro atoms. The van der Waals surface area contributed by atoms with E-state index in [0.717, 1.165) is 6.26 Å². The van der Waals surface area contributed by atoms with E-state index in [2.05, 4.69) is 20.2 Å². The summed E-state index contributed by atoms with van der Waals surface area (Å²) in [6.07, 6.45) is 1.05. The van der Waals surface area contributed by atoms with Gasteiger partial charge in [0.15, 0.2) is 5.69 Å². The van der Waals surface area contributed by atoms with Gasteiger partial charge in [-0.25, -0.2) is 8.42 Å². The first-order valence-corrected chi connectivity index (χ1v) is 8.62. The lowest BCUT2D eigenvalue weighted by Crippen LogP contribution is -2.15. The summed E-state index contributed by atoms with van der Waals surface area (Å²) >= 11 is 0. The molecule has 0 saturated carbocycles. The second kappa shape index (κ2) is 7.05. The number of carbonyl (C=O) groups is 1. The van der Waals surface area contributed by atoms with Crippen LogP contribution in [0.3, 0.4) is 0 Å². The number of hydrogen-bond acceptors (Lipinski definition) is 6. The summed E-state index contributed by atoms with van der Waals surface area (Å²) in [6, 6.07) is 9.37. The van der Waals surface area contributed by atoms with Gasteiger partial charge in [-0.3, -0.25) is 9.52 Å². The Bertz CT molecular complexity index is 791. The number of amides is 1. The van der Waals surface area contributed by atoms with Crippen LogP contribution < -0.4 is 14.8 Å². The van der Waals surface area contributed by atoms with Gasteiger partial charge >= 0.3 is 0 Å². The zero-order valence-electron chi connectivity index (χ0n) is 12.6. The van der Waals surface area contributed by atoms with Crippen LogP contribution in [0.2, 0.25) is 0 Å².